The zero-order chi connectivity index (χ0) is 15.6. The van der Waals surface area contributed by atoms with Crippen LogP contribution in [0.15, 0.2) is 12.1 Å². The summed E-state index contributed by atoms with van der Waals surface area (Å²) in [6.45, 7) is -0.138. The zero-order valence-electron chi connectivity index (χ0n) is 10.7. The highest BCUT2D eigenvalue weighted by Crippen LogP contribution is 2.36. The molecule has 0 saturated heterocycles. The fourth-order valence-corrected chi connectivity index (χ4v) is 1.91. The third-order valence-electron chi connectivity index (χ3n) is 2.69. The number of carboxylic acids is 1. The van der Waals surface area contributed by atoms with Crippen molar-refractivity contribution in [2.75, 3.05) is 17.2 Å². The Bertz CT molecular complexity index is 619. The van der Waals surface area contributed by atoms with E-state index in [0.717, 1.165) is 0 Å². The van der Waals surface area contributed by atoms with E-state index in [0.29, 0.717) is 11.4 Å². The number of carbonyl (C=O) groups excluding carboxylic acids is 2. The molecule has 21 heavy (non-hydrogen) atoms. The molecule has 1 aromatic carbocycles. The van der Waals surface area contributed by atoms with Crippen LogP contribution in [-0.2, 0) is 14.4 Å². The topological polar surface area (TPSA) is 131 Å². The molecule has 1 atom stereocenters. The predicted molar refractivity (Wildman–Crippen MR) is 74.4 cm³/mol. The fraction of sp³-hybridized carbons (Fsp3) is 0.250. The van der Waals surface area contributed by atoms with Crippen LogP contribution in [0.1, 0.15) is 6.42 Å². The van der Waals surface area contributed by atoms with Gasteiger partial charge in [-0.1, -0.05) is 11.6 Å². The minimum absolute atomic E-state index is 0.138. The Balaban J connectivity index is 2.16. The first-order chi connectivity index (χ1) is 9.86. The maximum atomic E-state index is 11.8. The van der Waals surface area contributed by atoms with Gasteiger partial charge in [-0.05, 0) is 6.07 Å². The normalized spacial score (nSPS) is 14.5. The maximum absolute atomic E-state index is 11.8. The molecule has 0 bridgehead atoms. The number of benzene rings is 1. The lowest BCUT2D eigenvalue weighted by atomic mass is 10.2. The van der Waals surface area contributed by atoms with Gasteiger partial charge in [-0.3, -0.25) is 14.4 Å². The number of carbonyl (C=O) groups is 3. The molecule has 1 heterocycles. The molecule has 9 heteroatoms. The second-order valence-corrected chi connectivity index (χ2v) is 4.77. The van der Waals surface area contributed by atoms with Gasteiger partial charge in [0.25, 0.3) is 5.91 Å². The SMILES string of the molecule is NC(CC(=O)O)C(=O)Nc1cc2c(cc1Cl)NC(=O)CO2. The number of hydrogen-bond donors (Lipinski definition) is 4. The molecule has 0 fully saturated rings. The molecule has 0 aliphatic carbocycles. The number of ether oxygens (including phenoxy) is 1. The van der Waals surface area contributed by atoms with E-state index in [1.807, 2.05) is 0 Å². The highest BCUT2D eigenvalue weighted by molar-refractivity contribution is 6.34. The lowest BCUT2D eigenvalue weighted by Gasteiger charge is -2.20. The van der Waals surface area contributed by atoms with Crippen LogP contribution in [0.2, 0.25) is 5.02 Å². The van der Waals surface area contributed by atoms with Gasteiger partial charge in [0.15, 0.2) is 6.61 Å². The van der Waals surface area contributed by atoms with Gasteiger partial charge in [0, 0.05) is 6.07 Å². The van der Waals surface area contributed by atoms with Gasteiger partial charge < -0.3 is 26.2 Å². The van der Waals surface area contributed by atoms with Crippen molar-refractivity contribution in [1.29, 1.82) is 0 Å². The zero-order valence-corrected chi connectivity index (χ0v) is 11.4. The molecule has 1 aromatic rings. The van der Waals surface area contributed by atoms with Crippen molar-refractivity contribution in [3.63, 3.8) is 0 Å². The van der Waals surface area contributed by atoms with Crippen molar-refractivity contribution in [2.45, 2.75) is 12.5 Å². The summed E-state index contributed by atoms with van der Waals surface area (Å²) in [5.41, 5.74) is 6.06. The largest absolute Gasteiger partial charge is 0.482 e. The maximum Gasteiger partial charge on any atom is 0.305 e. The van der Waals surface area contributed by atoms with Crippen molar-refractivity contribution < 1.29 is 24.2 Å². The Morgan fingerprint density at radius 3 is 2.90 bits per heavy atom. The summed E-state index contributed by atoms with van der Waals surface area (Å²) in [5, 5.41) is 13.7. The first kappa shape index (κ1) is 15.1. The first-order valence-electron chi connectivity index (χ1n) is 5.91. The number of aliphatic carboxylic acids is 1. The second kappa shape index (κ2) is 5.98. The molecule has 2 amide bonds. The quantitative estimate of drug-likeness (QED) is 0.637. The van der Waals surface area contributed by atoms with Gasteiger partial charge in [0.05, 0.1) is 28.9 Å². The number of nitrogens with one attached hydrogen (secondary N) is 2. The van der Waals surface area contributed by atoms with Crippen LogP contribution in [0.3, 0.4) is 0 Å². The van der Waals surface area contributed by atoms with Crippen LogP contribution in [0.4, 0.5) is 11.4 Å². The Labute approximate surface area is 124 Å². The Morgan fingerprint density at radius 2 is 2.24 bits per heavy atom. The molecule has 5 N–H and O–H groups in total. The minimum Gasteiger partial charge on any atom is -0.482 e. The van der Waals surface area contributed by atoms with Crippen LogP contribution < -0.4 is 21.1 Å². The Morgan fingerprint density at radius 1 is 1.52 bits per heavy atom. The van der Waals surface area contributed by atoms with Crippen LogP contribution in [0.5, 0.6) is 5.75 Å². The van der Waals surface area contributed by atoms with E-state index in [1.165, 1.54) is 12.1 Å². The molecule has 1 aliphatic heterocycles. The number of hydrogen-bond acceptors (Lipinski definition) is 5. The molecule has 8 nitrogen and oxygen atoms in total. The number of amides is 2. The van der Waals surface area contributed by atoms with Crippen LogP contribution in [0.25, 0.3) is 0 Å². The average Bonchev–Trinajstić information content (AvgIpc) is 2.39. The van der Waals surface area contributed by atoms with Gasteiger partial charge in [-0.25, -0.2) is 0 Å². The molecule has 0 aromatic heterocycles. The van der Waals surface area contributed by atoms with E-state index in [2.05, 4.69) is 10.6 Å². The predicted octanol–water partition coefficient (Wildman–Crippen LogP) is 0.411. The Hall–Kier alpha value is -2.32. The smallest absolute Gasteiger partial charge is 0.305 e. The van der Waals surface area contributed by atoms with Crippen molar-refractivity contribution in [2.24, 2.45) is 5.73 Å². The molecule has 0 spiro atoms. The molecule has 1 aliphatic rings. The van der Waals surface area contributed by atoms with Gasteiger partial charge >= 0.3 is 5.97 Å². The molecule has 2 rings (SSSR count). The van der Waals surface area contributed by atoms with Crippen molar-refractivity contribution >= 4 is 40.8 Å². The van der Waals surface area contributed by atoms with Crippen molar-refractivity contribution in [3.8, 4) is 5.75 Å². The molecule has 0 radical (unpaired) electrons. The average molecular weight is 314 g/mol. The fourth-order valence-electron chi connectivity index (χ4n) is 1.70. The van der Waals surface area contributed by atoms with Gasteiger partial charge in [0.2, 0.25) is 5.91 Å². The van der Waals surface area contributed by atoms with Gasteiger partial charge in [0.1, 0.15) is 5.75 Å². The lowest BCUT2D eigenvalue weighted by Crippen LogP contribution is -2.37. The summed E-state index contributed by atoms with van der Waals surface area (Å²) >= 11 is 5.98. The van der Waals surface area contributed by atoms with Crippen molar-refractivity contribution in [3.05, 3.63) is 17.2 Å². The molecule has 1 unspecified atom stereocenters. The standard InChI is InChI=1S/C12H12ClN3O5/c13-5-1-8-9(21-4-10(17)15-8)3-7(5)16-12(20)6(14)2-11(18)19/h1,3,6H,2,4,14H2,(H,15,17)(H,16,20)(H,18,19). The van der Waals surface area contributed by atoms with E-state index in [4.69, 9.17) is 27.2 Å². The van der Waals surface area contributed by atoms with E-state index >= 15 is 0 Å². The van der Waals surface area contributed by atoms with Gasteiger partial charge in [-0.15, -0.1) is 0 Å². The summed E-state index contributed by atoms with van der Waals surface area (Å²) in [6.07, 6.45) is -0.499. The highest BCUT2D eigenvalue weighted by atomic mass is 35.5. The molecule has 112 valence electrons. The lowest BCUT2D eigenvalue weighted by molar-refractivity contribution is -0.138. The van der Waals surface area contributed by atoms with Crippen LogP contribution >= 0.6 is 11.6 Å². The number of nitrogens with two attached hydrogens (primary N) is 1. The van der Waals surface area contributed by atoms with E-state index in [1.54, 1.807) is 0 Å². The highest BCUT2D eigenvalue weighted by Gasteiger charge is 2.21. The molecular formula is C12H12ClN3O5. The second-order valence-electron chi connectivity index (χ2n) is 4.36. The number of rotatable bonds is 4. The van der Waals surface area contributed by atoms with E-state index < -0.39 is 24.3 Å². The first-order valence-corrected chi connectivity index (χ1v) is 6.29. The summed E-state index contributed by atoms with van der Waals surface area (Å²) in [4.78, 5) is 33.4. The third kappa shape index (κ3) is 3.61. The molecular weight excluding hydrogens is 302 g/mol. The number of fused-ring (bicyclic) bond motifs is 1. The van der Waals surface area contributed by atoms with Gasteiger partial charge in [-0.2, -0.15) is 0 Å². The van der Waals surface area contributed by atoms with E-state index in [9.17, 15) is 14.4 Å². The Kier molecular flexibility index (Phi) is 4.29. The summed E-state index contributed by atoms with van der Waals surface area (Å²) < 4.78 is 5.19. The van der Waals surface area contributed by atoms with E-state index in [-0.39, 0.29) is 23.2 Å². The number of anilines is 2. The summed E-state index contributed by atoms with van der Waals surface area (Å²) in [6, 6.07) is 1.66. The van der Waals surface area contributed by atoms with Crippen LogP contribution in [0, 0.1) is 0 Å². The summed E-state index contributed by atoms with van der Waals surface area (Å²) in [5.74, 6) is -1.82. The third-order valence-corrected chi connectivity index (χ3v) is 3.00. The summed E-state index contributed by atoms with van der Waals surface area (Å²) in [7, 11) is 0. The molecule has 0 saturated carbocycles. The van der Waals surface area contributed by atoms with Crippen LogP contribution in [-0.4, -0.2) is 35.5 Å². The monoisotopic (exact) mass is 313 g/mol. The number of carboxylic acid groups (broad SMARTS) is 1. The minimum atomic E-state index is -1.20. The van der Waals surface area contributed by atoms with Crippen molar-refractivity contribution in [1.82, 2.24) is 0 Å². The number of halogens is 1.